The van der Waals surface area contributed by atoms with Gasteiger partial charge in [0.25, 0.3) is 0 Å². The van der Waals surface area contributed by atoms with E-state index in [0.29, 0.717) is 12.3 Å². The van der Waals surface area contributed by atoms with E-state index >= 15 is 0 Å². The Hall–Kier alpha value is -2.41. The monoisotopic (exact) mass is 415 g/mol. The molecule has 6 nitrogen and oxygen atoms in total. The molecular weight excluding hydrogens is 386 g/mol. The third kappa shape index (κ3) is 5.56. The van der Waals surface area contributed by atoms with Crippen LogP contribution in [0.15, 0.2) is 29.6 Å². The third-order valence-electron chi connectivity index (χ3n) is 4.97. The van der Waals surface area contributed by atoms with Gasteiger partial charge in [-0.15, -0.1) is 11.3 Å². The average molecular weight is 416 g/mol. The Bertz CT molecular complexity index is 826. The van der Waals surface area contributed by atoms with Crippen LogP contribution in [0, 0.1) is 5.92 Å². The Morgan fingerprint density at radius 2 is 1.90 bits per heavy atom. The molecule has 0 saturated carbocycles. The number of hydrogen-bond donors (Lipinski definition) is 1. The predicted octanol–water partition coefficient (Wildman–Crippen LogP) is 3.51. The molecule has 0 spiro atoms. The lowest BCUT2D eigenvalue weighted by Crippen LogP contribution is -2.50. The van der Waals surface area contributed by atoms with Crippen LogP contribution >= 0.6 is 11.3 Å². The number of carbonyl (C=O) groups excluding carboxylic acids is 2. The first-order valence-electron chi connectivity index (χ1n) is 10.2. The van der Waals surface area contributed by atoms with E-state index in [0.717, 1.165) is 42.3 Å². The summed E-state index contributed by atoms with van der Waals surface area (Å²) in [6.07, 6.45) is 2.25. The van der Waals surface area contributed by atoms with E-state index in [1.165, 1.54) is 11.3 Å². The molecule has 0 unspecified atom stereocenters. The summed E-state index contributed by atoms with van der Waals surface area (Å²) in [7, 11) is 0. The maximum Gasteiger partial charge on any atom is 0.245 e. The molecule has 1 aliphatic rings. The van der Waals surface area contributed by atoms with Crippen LogP contribution in [0.3, 0.4) is 0 Å². The summed E-state index contributed by atoms with van der Waals surface area (Å²) < 4.78 is 5.47. The molecule has 0 bridgehead atoms. The number of ether oxygens (including phenoxy) is 1. The molecule has 0 aliphatic carbocycles. The molecule has 1 fully saturated rings. The number of rotatable bonds is 8. The van der Waals surface area contributed by atoms with Gasteiger partial charge in [-0.2, -0.15) is 0 Å². The zero-order valence-electron chi connectivity index (χ0n) is 17.3. The molecule has 2 amide bonds. The highest BCUT2D eigenvalue weighted by atomic mass is 32.1. The number of nitrogens with one attached hydrogen (secondary N) is 1. The first-order chi connectivity index (χ1) is 14.0. The van der Waals surface area contributed by atoms with Gasteiger partial charge in [0.05, 0.1) is 18.7 Å². The highest BCUT2D eigenvalue weighted by Gasteiger charge is 2.30. The highest BCUT2D eigenvalue weighted by Crippen LogP contribution is 2.26. The van der Waals surface area contributed by atoms with E-state index in [1.807, 2.05) is 55.3 Å². The molecule has 2 aromatic rings. The molecule has 1 aliphatic heterocycles. The van der Waals surface area contributed by atoms with Gasteiger partial charge >= 0.3 is 0 Å². The molecule has 1 saturated heterocycles. The number of aromatic nitrogens is 1. The van der Waals surface area contributed by atoms with Gasteiger partial charge in [0.1, 0.15) is 16.8 Å². The Morgan fingerprint density at radius 1 is 1.21 bits per heavy atom. The molecule has 2 heterocycles. The second-order valence-electron chi connectivity index (χ2n) is 7.60. The van der Waals surface area contributed by atoms with Crippen molar-refractivity contribution >= 4 is 23.2 Å². The van der Waals surface area contributed by atoms with Gasteiger partial charge in [-0.1, -0.05) is 13.8 Å². The van der Waals surface area contributed by atoms with Crippen LogP contribution in [0.25, 0.3) is 10.6 Å². The maximum atomic E-state index is 12.7. The number of nitrogens with zero attached hydrogens (tertiary/aromatic N) is 2. The van der Waals surface area contributed by atoms with Crippen molar-refractivity contribution in [3.63, 3.8) is 0 Å². The maximum absolute atomic E-state index is 12.7. The molecule has 29 heavy (non-hydrogen) atoms. The highest BCUT2D eigenvalue weighted by molar-refractivity contribution is 7.13. The lowest BCUT2D eigenvalue weighted by atomic mass is 10.0. The number of carbonyl (C=O) groups is 2. The molecule has 0 radical (unpaired) electrons. The number of amides is 2. The van der Waals surface area contributed by atoms with E-state index < -0.39 is 6.04 Å². The molecule has 3 rings (SSSR count). The molecule has 1 atom stereocenters. The van der Waals surface area contributed by atoms with E-state index in [9.17, 15) is 9.59 Å². The van der Waals surface area contributed by atoms with Crippen molar-refractivity contribution in [2.45, 2.75) is 46.1 Å². The summed E-state index contributed by atoms with van der Waals surface area (Å²) in [5.41, 5.74) is 1.71. The van der Waals surface area contributed by atoms with Crippen LogP contribution in [-0.2, 0) is 16.0 Å². The first-order valence-corrected chi connectivity index (χ1v) is 11.1. The van der Waals surface area contributed by atoms with Crippen molar-refractivity contribution in [3.05, 3.63) is 35.3 Å². The zero-order valence-corrected chi connectivity index (χ0v) is 18.1. The topological polar surface area (TPSA) is 71.5 Å². The summed E-state index contributed by atoms with van der Waals surface area (Å²) in [4.78, 5) is 31.8. The van der Waals surface area contributed by atoms with Crippen LogP contribution in [0.5, 0.6) is 5.75 Å². The van der Waals surface area contributed by atoms with Gasteiger partial charge in [-0.25, -0.2) is 4.98 Å². The fourth-order valence-corrected chi connectivity index (χ4v) is 4.24. The van der Waals surface area contributed by atoms with Crippen LogP contribution in [0.2, 0.25) is 0 Å². The van der Waals surface area contributed by atoms with E-state index in [4.69, 9.17) is 4.74 Å². The normalized spacial score (nSPS) is 14.8. The smallest absolute Gasteiger partial charge is 0.245 e. The fourth-order valence-electron chi connectivity index (χ4n) is 3.42. The first kappa shape index (κ1) is 21.3. The van der Waals surface area contributed by atoms with Crippen LogP contribution in [0.1, 0.15) is 39.3 Å². The molecular formula is C22H29N3O3S. The number of benzene rings is 1. The average Bonchev–Trinajstić information content (AvgIpc) is 3.38. The fraction of sp³-hybridized carbons (Fsp3) is 0.500. The summed E-state index contributed by atoms with van der Waals surface area (Å²) in [6.45, 7) is 8.09. The Morgan fingerprint density at radius 3 is 2.52 bits per heavy atom. The minimum Gasteiger partial charge on any atom is -0.494 e. The Balaban J connectivity index is 1.60. The van der Waals surface area contributed by atoms with Crippen molar-refractivity contribution in [1.29, 1.82) is 0 Å². The van der Waals surface area contributed by atoms with Gasteiger partial charge in [0.15, 0.2) is 0 Å². The number of thiazole rings is 1. The molecule has 1 N–H and O–H groups in total. The lowest BCUT2D eigenvalue weighted by Gasteiger charge is -2.26. The van der Waals surface area contributed by atoms with Crippen LogP contribution in [-0.4, -0.2) is 47.4 Å². The van der Waals surface area contributed by atoms with Crippen molar-refractivity contribution in [2.75, 3.05) is 19.7 Å². The molecule has 156 valence electrons. The Kier molecular flexibility index (Phi) is 7.25. The van der Waals surface area contributed by atoms with Gasteiger partial charge in [-0.05, 0) is 49.9 Å². The van der Waals surface area contributed by atoms with Gasteiger partial charge in [-0.3, -0.25) is 9.59 Å². The standard InChI is InChI=1S/C22H29N3O3S/c1-4-28-18-9-7-16(8-10-18)21-23-17(14-29-21)13-19(26)24-20(15(2)3)22(27)25-11-5-6-12-25/h7-10,14-15,20H,4-6,11-13H2,1-3H3,(H,24,26)/t20-/m0/s1. The van der Waals surface area contributed by atoms with Crippen molar-refractivity contribution in [2.24, 2.45) is 5.92 Å². The largest absolute Gasteiger partial charge is 0.494 e. The second kappa shape index (κ2) is 9.87. The predicted molar refractivity (Wildman–Crippen MR) is 115 cm³/mol. The Labute approximate surface area is 176 Å². The molecule has 1 aromatic carbocycles. The van der Waals surface area contributed by atoms with Gasteiger partial charge in [0, 0.05) is 24.0 Å². The SMILES string of the molecule is CCOc1ccc(-c2nc(CC(=O)N[C@H](C(=O)N3CCCC3)C(C)C)cs2)cc1. The van der Waals surface area contributed by atoms with Crippen molar-refractivity contribution in [3.8, 4) is 16.3 Å². The third-order valence-corrected chi connectivity index (χ3v) is 5.91. The van der Waals surface area contributed by atoms with E-state index in [1.54, 1.807) is 0 Å². The summed E-state index contributed by atoms with van der Waals surface area (Å²) in [6, 6.07) is 7.30. The van der Waals surface area contributed by atoms with E-state index in [-0.39, 0.29) is 24.2 Å². The van der Waals surface area contributed by atoms with Crippen LogP contribution in [0.4, 0.5) is 0 Å². The molecule has 7 heteroatoms. The summed E-state index contributed by atoms with van der Waals surface area (Å²) in [5.74, 6) is 0.732. The van der Waals surface area contributed by atoms with Gasteiger partial charge < -0.3 is 15.0 Å². The zero-order chi connectivity index (χ0) is 20.8. The molecule has 1 aromatic heterocycles. The second-order valence-corrected chi connectivity index (χ2v) is 8.46. The van der Waals surface area contributed by atoms with Crippen LogP contribution < -0.4 is 10.1 Å². The van der Waals surface area contributed by atoms with Gasteiger partial charge in [0.2, 0.25) is 11.8 Å². The summed E-state index contributed by atoms with van der Waals surface area (Å²) in [5, 5.41) is 5.70. The minimum absolute atomic E-state index is 0.0270. The van der Waals surface area contributed by atoms with E-state index in [2.05, 4.69) is 10.3 Å². The van der Waals surface area contributed by atoms with Crippen molar-refractivity contribution in [1.82, 2.24) is 15.2 Å². The lowest BCUT2D eigenvalue weighted by molar-refractivity contribution is -0.136. The summed E-state index contributed by atoms with van der Waals surface area (Å²) >= 11 is 1.51. The number of hydrogen-bond acceptors (Lipinski definition) is 5. The quantitative estimate of drug-likeness (QED) is 0.716. The minimum atomic E-state index is -0.482. The van der Waals surface area contributed by atoms with Crippen molar-refractivity contribution < 1.29 is 14.3 Å². The number of likely N-dealkylation sites (tertiary alicyclic amines) is 1.